The molecule has 0 fully saturated rings. The molecule has 0 aliphatic heterocycles. The molecule has 23 heavy (non-hydrogen) atoms. The predicted molar refractivity (Wildman–Crippen MR) is 99.9 cm³/mol. The third-order valence-electron chi connectivity index (χ3n) is 3.06. The van der Waals surface area contributed by atoms with Crippen LogP contribution in [-0.4, -0.2) is 6.61 Å². The predicted octanol–water partition coefficient (Wildman–Crippen LogP) is 6.61. The summed E-state index contributed by atoms with van der Waals surface area (Å²) < 4.78 is 6.51. The van der Waals surface area contributed by atoms with Gasteiger partial charge in [0.2, 0.25) is 0 Å². The fraction of sp³-hybridized carbons (Fsp3) is 0.167. The lowest BCUT2D eigenvalue weighted by molar-refractivity contribution is 0.318. The average Bonchev–Trinajstić information content (AvgIpc) is 2.53. The Balaban J connectivity index is 2.37. The Morgan fingerprint density at radius 1 is 1.22 bits per heavy atom. The minimum Gasteiger partial charge on any atom is -0.490 e. The highest BCUT2D eigenvalue weighted by molar-refractivity contribution is 9.10. The molecule has 0 saturated carbocycles. The van der Waals surface area contributed by atoms with Gasteiger partial charge in [0, 0.05) is 4.47 Å². The summed E-state index contributed by atoms with van der Waals surface area (Å²) >= 11 is 15.9. The molecular weight excluding hydrogens is 397 g/mol. The highest BCUT2D eigenvalue weighted by atomic mass is 79.9. The van der Waals surface area contributed by atoms with Gasteiger partial charge in [-0.25, -0.2) is 0 Å². The first kappa shape index (κ1) is 17.9. The first-order chi connectivity index (χ1) is 11.0. The van der Waals surface area contributed by atoms with Crippen molar-refractivity contribution in [3.8, 4) is 11.8 Å². The smallest absolute Gasteiger partial charge is 0.156 e. The van der Waals surface area contributed by atoms with Gasteiger partial charge in [-0.3, -0.25) is 0 Å². The van der Waals surface area contributed by atoms with Crippen molar-refractivity contribution in [2.24, 2.45) is 0 Å². The molecule has 118 valence electrons. The molecule has 0 N–H and O–H groups in total. The van der Waals surface area contributed by atoms with Gasteiger partial charge >= 0.3 is 0 Å². The van der Waals surface area contributed by atoms with Gasteiger partial charge in [0.1, 0.15) is 0 Å². The van der Waals surface area contributed by atoms with Gasteiger partial charge in [-0.15, -0.1) is 0 Å². The number of benzene rings is 2. The van der Waals surface area contributed by atoms with Crippen molar-refractivity contribution in [1.82, 2.24) is 0 Å². The highest BCUT2D eigenvalue weighted by Crippen LogP contribution is 2.35. The monoisotopic (exact) mass is 409 g/mol. The van der Waals surface area contributed by atoms with Crippen LogP contribution >= 0.6 is 39.1 Å². The van der Waals surface area contributed by atoms with E-state index < -0.39 is 0 Å². The Morgan fingerprint density at radius 2 is 1.83 bits per heavy atom. The normalized spacial score (nSPS) is 11.2. The largest absolute Gasteiger partial charge is 0.490 e. The second-order valence-corrected chi connectivity index (χ2v) is 6.57. The molecule has 2 aromatic rings. The maximum atomic E-state index is 9.40. The van der Waals surface area contributed by atoms with Crippen LogP contribution in [0.1, 0.15) is 24.5 Å². The van der Waals surface area contributed by atoms with Crippen LogP contribution in [0.2, 0.25) is 10.0 Å². The summed E-state index contributed by atoms with van der Waals surface area (Å²) in [6, 6.07) is 13.2. The van der Waals surface area contributed by atoms with Gasteiger partial charge in [0.15, 0.2) is 5.75 Å². The molecule has 0 unspecified atom stereocenters. The summed E-state index contributed by atoms with van der Waals surface area (Å²) in [5.41, 5.74) is 2.12. The number of nitrogens with zero attached hydrogens (tertiary/aromatic N) is 1. The molecule has 2 nitrogen and oxygen atoms in total. The molecule has 0 aliphatic carbocycles. The van der Waals surface area contributed by atoms with Crippen molar-refractivity contribution in [2.75, 3.05) is 6.61 Å². The topological polar surface area (TPSA) is 33.0 Å². The van der Waals surface area contributed by atoms with Crippen molar-refractivity contribution in [3.05, 3.63) is 62.0 Å². The van der Waals surface area contributed by atoms with Crippen LogP contribution in [0.4, 0.5) is 0 Å². The fourth-order valence-electron chi connectivity index (χ4n) is 1.98. The van der Waals surface area contributed by atoms with Gasteiger partial charge in [-0.2, -0.15) is 5.26 Å². The maximum Gasteiger partial charge on any atom is 0.156 e. The highest BCUT2D eigenvalue weighted by Gasteiger charge is 2.10. The summed E-state index contributed by atoms with van der Waals surface area (Å²) in [6.45, 7) is 2.56. The molecule has 0 amide bonds. The third kappa shape index (κ3) is 4.75. The molecule has 0 saturated heterocycles. The Hall–Kier alpha value is -1.47. The lowest BCUT2D eigenvalue weighted by atomic mass is 10.0. The minimum absolute atomic E-state index is 0.435. The summed E-state index contributed by atoms with van der Waals surface area (Å²) in [4.78, 5) is 0. The zero-order chi connectivity index (χ0) is 16.8. The van der Waals surface area contributed by atoms with Gasteiger partial charge in [-0.05, 0) is 47.9 Å². The van der Waals surface area contributed by atoms with E-state index in [0.29, 0.717) is 28.0 Å². The SMILES string of the molecule is CCCOc1c(Cl)cc(/C=C(\C#N)c2ccc(Br)cc2)cc1Cl. The Bertz CT molecular complexity index is 741. The third-order valence-corrected chi connectivity index (χ3v) is 4.15. The van der Waals surface area contributed by atoms with Crippen LogP contribution in [0.5, 0.6) is 5.75 Å². The first-order valence-corrected chi connectivity index (χ1v) is 8.59. The van der Waals surface area contributed by atoms with E-state index in [1.165, 1.54) is 0 Å². The fourth-order valence-corrected chi connectivity index (χ4v) is 2.86. The molecule has 5 heteroatoms. The maximum absolute atomic E-state index is 9.40. The number of allylic oxidation sites excluding steroid dienone is 1. The summed E-state index contributed by atoms with van der Waals surface area (Å²) in [5, 5.41) is 10.3. The summed E-state index contributed by atoms with van der Waals surface area (Å²) in [5.74, 6) is 0.481. The van der Waals surface area contributed by atoms with E-state index in [4.69, 9.17) is 27.9 Å². The number of nitriles is 1. The number of hydrogen-bond donors (Lipinski definition) is 0. The van der Waals surface area contributed by atoms with Crippen molar-refractivity contribution in [3.63, 3.8) is 0 Å². The molecule has 0 atom stereocenters. The standard InChI is InChI=1S/C18H14BrCl2NO/c1-2-7-23-18-16(20)9-12(10-17(18)21)8-14(11-22)13-3-5-15(19)6-4-13/h3-6,8-10H,2,7H2,1H3/b14-8+. The Kier molecular flexibility index (Phi) is 6.53. The molecular formula is C18H14BrCl2NO. The van der Waals surface area contributed by atoms with Crippen LogP contribution in [0, 0.1) is 11.3 Å². The van der Waals surface area contributed by atoms with E-state index in [0.717, 1.165) is 22.0 Å². The lowest BCUT2D eigenvalue weighted by Gasteiger charge is -2.10. The summed E-state index contributed by atoms with van der Waals surface area (Å²) in [7, 11) is 0. The lowest BCUT2D eigenvalue weighted by Crippen LogP contribution is -1.96. The first-order valence-electron chi connectivity index (χ1n) is 7.04. The van der Waals surface area contributed by atoms with Crippen LogP contribution in [-0.2, 0) is 0 Å². The molecule has 2 rings (SSSR count). The van der Waals surface area contributed by atoms with Crippen molar-refractivity contribution < 1.29 is 4.74 Å². The zero-order valence-corrected chi connectivity index (χ0v) is 15.5. The van der Waals surface area contributed by atoms with E-state index in [1.54, 1.807) is 18.2 Å². The van der Waals surface area contributed by atoms with Gasteiger partial charge in [-0.1, -0.05) is 58.2 Å². The molecule has 0 aromatic heterocycles. The van der Waals surface area contributed by atoms with Crippen LogP contribution < -0.4 is 4.74 Å². The van der Waals surface area contributed by atoms with Crippen molar-refractivity contribution in [1.29, 1.82) is 5.26 Å². The molecule has 0 heterocycles. The van der Waals surface area contributed by atoms with Crippen molar-refractivity contribution >= 4 is 50.8 Å². The Labute approximate surface area is 154 Å². The quantitative estimate of drug-likeness (QED) is 0.410. The van der Waals surface area contributed by atoms with Crippen LogP contribution in [0.3, 0.4) is 0 Å². The average molecular weight is 411 g/mol. The van der Waals surface area contributed by atoms with E-state index in [1.807, 2.05) is 31.2 Å². The minimum atomic E-state index is 0.435. The second kappa shape index (κ2) is 8.40. The number of halogens is 3. The van der Waals surface area contributed by atoms with Crippen LogP contribution in [0.25, 0.3) is 11.6 Å². The second-order valence-electron chi connectivity index (χ2n) is 4.84. The van der Waals surface area contributed by atoms with E-state index in [9.17, 15) is 5.26 Å². The van der Waals surface area contributed by atoms with E-state index >= 15 is 0 Å². The molecule has 0 radical (unpaired) electrons. The van der Waals surface area contributed by atoms with Gasteiger partial charge in [0.05, 0.1) is 28.3 Å². The number of hydrogen-bond acceptors (Lipinski definition) is 2. The van der Waals surface area contributed by atoms with Crippen LogP contribution in [0.15, 0.2) is 40.9 Å². The number of rotatable bonds is 5. The molecule has 0 bridgehead atoms. The van der Waals surface area contributed by atoms with E-state index in [2.05, 4.69) is 22.0 Å². The summed E-state index contributed by atoms with van der Waals surface area (Å²) in [6.07, 6.45) is 2.63. The Morgan fingerprint density at radius 3 is 2.35 bits per heavy atom. The molecule has 0 spiro atoms. The number of ether oxygens (including phenoxy) is 1. The van der Waals surface area contributed by atoms with Crippen molar-refractivity contribution in [2.45, 2.75) is 13.3 Å². The molecule has 2 aromatic carbocycles. The van der Waals surface area contributed by atoms with Gasteiger partial charge in [0.25, 0.3) is 0 Å². The van der Waals surface area contributed by atoms with E-state index in [-0.39, 0.29) is 0 Å². The van der Waals surface area contributed by atoms with Gasteiger partial charge < -0.3 is 4.74 Å². The molecule has 0 aliphatic rings. The zero-order valence-electron chi connectivity index (χ0n) is 12.4.